The first kappa shape index (κ1) is 17.5. The zero-order valence-corrected chi connectivity index (χ0v) is 14.5. The van der Waals surface area contributed by atoms with Gasteiger partial charge in [-0.1, -0.05) is 22.0 Å². The first-order chi connectivity index (χ1) is 10.5. The molecule has 0 aliphatic carbocycles. The Kier molecular flexibility index (Phi) is 5.43. The van der Waals surface area contributed by atoms with Crippen molar-refractivity contribution in [3.05, 3.63) is 46.7 Å². The molecule has 0 radical (unpaired) electrons. The third-order valence-electron chi connectivity index (χ3n) is 3.71. The molecule has 1 aromatic heterocycles. The van der Waals surface area contributed by atoms with Gasteiger partial charge in [0.2, 0.25) is 0 Å². The molecule has 6 nitrogen and oxygen atoms in total. The van der Waals surface area contributed by atoms with Crippen LogP contribution in [0.1, 0.15) is 16.9 Å². The molecular formula is C15H15BrClN3O3. The molecule has 1 N–H and O–H groups in total. The Bertz CT molecular complexity index is 734. The van der Waals surface area contributed by atoms with E-state index in [1.165, 1.54) is 0 Å². The number of halogens is 2. The molecule has 1 saturated heterocycles. The number of amides is 1. The highest BCUT2D eigenvalue weighted by Gasteiger charge is 2.32. The maximum atomic E-state index is 12.4. The van der Waals surface area contributed by atoms with E-state index in [0.717, 1.165) is 10.2 Å². The Balaban J connectivity index is 0.00000192. The van der Waals surface area contributed by atoms with Crippen LogP contribution in [0.25, 0.3) is 5.69 Å². The average molecular weight is 401 g/mol. The molecule has 1 aliphatic heterocycles. The average Bonchev–Trinajstić information content (AvgIpc) is 3.16. The number of carbonyl (C=O) groups is 2. The molecule has 2 heterocycles. The van der Waals surface area contributed by atoms with E-state index in [1.54, 1.807) is 21.8 Å². The van der Waals surface area contributed by atoms with Crippen LogP contribution in [-0.2, 0) is 4.79 Å². The lowest BCUT2D eigenvalue weighted by molar-refractivity contribution is -0.141. The van der Waals surface area contributed by atoms with Crippen molar-refractivity contribution < 1.29 is 14.7 Å². The number of hydrogen-bond donors (Lipinski definition) is 1. The second kappa shape index (κ2) is 7.14. The van der Waals surface area contributed by atoms with Gasteiger partial charge in [-0.3, -0.25) is 9.59 Å². The number of likely N-dealkylation sites (tertiary alicyclic amines) is 1. The Hall–Kier alpha value is -1.86. The predicted molar refractivity (Wildman–Crippen MR) is 90.2 cm³/mol. The van der Waals surface area contributed by atoms with E-state index in [9.17, 15) is 9.59 Å². The number of carboxylic acid groups (broad SMARTS) is 1. The maximum Gasteiger partial charge on any atom is 0.308 e. The predicted octanol–water partition coefficient (Wildman–Crippen LogP) is 2.60. The van der Waals surface area contributed by atoms with Crippen LogP contribution in [0.4, 0.5) is 0 Å². The topological polar surface area (TPSA) is 75.4 Å². The summed E-state index contributed by atoms with van der Waals surface area (Å²) in [6.07, 6.45) is 2.22. The minimum absolute atomic E-state index is 0. The van der Waals surface area contributed by atoms with Crippen LogP contribution in [0.5, 0.6) is 0 Å². The molecular weight excluding hydrogens is 386 g/mol. The molecule has 1 atom stereocenters. The van der Waals surface area contributed by atoms with Crippen molar-refractivity contribution in [2.45, 2.75) is 6.42 Å². The number of aliphatic carboxylic acids is 1. The monoisotopic (exact) mass is 399 g/mol. The maximum absolute atomic E-state index is 12.4. The lowest BCUT2D eigenvalue weighted by Gasteiger charge is -2.13. The van der Waals surface area contributed by atoms with Crippen LogP contribution < -0.4 is 0 Å². The number of carboxylic acids is 1. The van der Waals surface area contributed by atoms with E-state index in [0.29, 0.717) is 18.7 Å². The molecule has 122 valence electrons. The molecule has 2 aromatic rings. The fraction of sp³-hybridized carbons (Fsp3) is 0.267. The SMILES string of the molecule is Cl.O=C(O)C1CCN(C(=O)c2ccn(-c3cccc(Br)c3)n2)C1. The standard InChI is InChI=1S/C15H14BrN3O3.ClH/c16-11-2-1-3-12(8-11)19-7-5-13(17-19)14(20)18-6-4-10(9-18)15(21)22;/h1-3,5,7-8,10H,4,6,9H2,(H,21,22);1H. The Morgan fingerprint density at radius 3 is 2.74 bits per heavy atom. The number of hydrogen-bond acceptors (Lipinski definition) is 3. The van der Waals surface area contributed by atoms with E-state index in [2.05, 4.69) is 21.0 Å². The molecule has 0 bridgehead atoms. The van der Waals surface area contributed by atoms with E-state index in [4.69, 9.17) is 5.11 Å². The Morgan fingerprint density at radius 2 is 2.09 bits per heavy atom. The first-order valence-electron chi connectivity index (χ1n) is 6.88. The summed E-state index contributed by atoms with van der Waals surface area (Å²) in [5.74, 6) is -1.55. The fourth-order valence-corrected chi connectivity index (χ4v) is 2.90. The van der Waals surface area contributed by atoms with Gasteiger partial charge in [-0.25, -0.2) is 4.68 Å². The van der Waals surface area contributed by atoms with Gasteiger partial charge < -0.3 is 10.0 Å². The molecule has 23 heavy (non-hydrogen) atoms. The quantitative estimate of drug-likeness (QED) is 0.859. The van der Waals surface area contributed by atoms with Gasteiger partial charge in [0.1, 0.15) is 0 Å². The van der Waals surface area contributed by atoms with Crippen LogP contribution in [0.3, 0.4) is 0 Å². The second-order valence-electron chi connectivity index (χ2n) is 5.20. The smallest absolute Gasteiger partial charge is 0.308 e. The van der Waals surface area contributed by atoms with Crippen molar-refractivity contribution >= 4 is 40.2 Å². The molecule has 0 saturated carbocycles. The zero-order chi connectivity index (χ0) is 15.7. The molecule has 1 amide bonds. The molecule has 1 aliphatic rings. The van der Waals surface area contributed by atoms with Gasteiger partial charge in [0.15, 0.2) is 5.69 Å². The fourth-order valence-electron chi connectivity index (χ4n) is 2.51. The Labute approximate surface area is 147 Å². The van der Waals surface area contributed by atoms with Crippen molar-refractivity contribution in [3.8, 4) is 5.69 Å². The lowest BCUT2D eigenvalue weighted by atomic mass is 10.1. The van der Waals surface area contributed by atoms with Crippen molar-refractivity contribution in [1.29, 1.82) is 0 Å². The van der Waals surface area contributed by atoms with Gasteiger partial charge in [0.05, 0.1) is 11.6 Å². The molecule has 1 aromatic carbocycles. The molecule has 1 unspecified atom stereocenters. The number of rotatable bonds is 3. The van der Waals surface area contributed by atoms with Crippen LogP contribution >= 0.6 is 28.3 Å². The highest BCUT2D eigenvalue weighted by molar-refractivity contribution is 9.10. The second-order valence-corrected chi connectivity index (χ2v) is 6.12. The molecule has 1 fully saturated rings. The molecule has 0 spiro atoms. The summed E-state index contributed by atoms with van der Waals surface area (Å²) in [6, 6.07) is 9.24. The third kappa shape index (κ3) is 3.73. The summed E-state index contributed by atoms with van der Waals surface area (Å²) in [4.78, 5) is 24.9. The summed E-state index contributed by atoms with van der Waals surface area (Å²) < 4.78 is 2.56. The zero-order valence-electron chi connectivity index (χ0n) is 12.1. The highest BCUT2D eigenvalue weighted by atomic mass is 79.9. The van der Waals surface area contributed by atoms with Gasteiger partial charge >= 0.3 is 5.97 Å². The summed E-state index contributed by atoms with van der Waals surface area (Å²) in [6.45, 7) is 0.706. The summed E-state index contributed by atoms with van der Waals surface area (Å²) in [5.41, 5.74) is 1.17. The van der Waals surface area contributed by atoms with Gasteiger partial charge in [0, 0.05) is 23.8 Å². The van der Waals surface area contributed by atoms with Gasteiger partial charge in [-0.05, 0) is 30.7 Å². The first-order valence-corrected chi connectivity index (χ1v) is 7.67. The van der Waals surface area contributed by atoms with Crippen LogP contribution in [-0.4, -0.2) is 44.8 Å². The number of benzene rings is 1. The van der Waals surface area contributed by atoms with Crippen LogP contribution in [0.2, 0.25) is 0 Å². The van der Waals surface area contributed by atoms with E-state index in [1.807, 2.05) is 24.3 Å². The minimum atomic E-state index is -0.852. The number of carbonyl (C=O) groups excluding carboxylic acids is 1. The summed E-state index contributed by atoms with van der Waals surface area (Å²) in [7, 11) is 0. The third-order valence-corrected chi connectivity index (χ3v) is 4.20. The van der Waals surface area contributed by atoms with Crippen molar-refractivity contribution in [1.82, 2.24) is 14.7 Å². The molecule has 8 heteroatoms. The van der Waals surface area contributed by atoms with Crippen LogP contribution in [0, 0.1) is 5.92 Å². The van der Waals surface area contributed by atoms with E-state index >= 15 is 0 Å². The number of nitrogens with zero attached hydrogens (tertiary/aromatic N) is 3. The van der Waals surface area contributed by atoms with E-state index < -0.39 is 11.9 Å². The largest absolute Gasteiger partial charge is 0.481 e. The molecule has 3 rings (SSSR count). The summed E-state index contributed by atoms with van der Waals surface area (Å²) in [5, 5.41) is 13.3. The van der Waals surface area contributed by atoms with Crippen molar-refractivity contribution in [3.63, 3.8) is 0 Å². The Morgan fingerprint density at radius 1 is 1.30 bits per heavy atom. The van der Waals surface area contributed by atoms with Crippen LogP contribution in [0.15, 0.2) is 41.0 Å². The highest BCUT2D eigenvalue weighted by Crippen LogP contribution is 2.19. The van der Waals surface area contributed by atoms with Crippen molar-refractivity contribution in [2.24, 2.45) is 5.92 Å². The van der Waals surface area contributed by atoms with Crippen molar-refractivity contribution in [2.75, 3.05) is 13.1 Å². The minimum Gasteiger partial charge on any atom is -0.481 e. The normalized spacial score (nSPS) is 16.9. The summed E-state index contributed by atoms with van der Waals surface area (Å²) >= 11 is 3.40. The lowest BCUT2D eigenvalue weighted by Crippen LogP contribution is -2.30. The van der Waals surface area contributed by atoms with Gasteiger partial charge in [-0.2, -0.15) is 5.10 Å². The van der Waals surface area contributed by atoms with Gasteiger partial charge in [-0.15, -0.1) is 12.4 Å². The number of aromatic nitrogens is 2. The van der Waals surface area contributed by atoms with E-state index in [-0.39, 0.29) is 24.9 Å². The van der Waals surface area contributed by atoms with Gasteiger partial charge in [0.25, 0.3) is 5.91 Å².